The zero-order valence-corrected chi connectivity index (χ0v) is 19.7. The Morgan fingerprint density at radius 3 is 1.57 bits per heavy atom. The van der Waals surface area contributed by atoms with Crippen LogP contribution in [0, 0.1) is 6.92 Å². The van der Waals surface area contributed by atoms with E-state index in [1.165, 1.54) is 37.8 Å². The molecule has 0 aromatic heterocycles. The lowest BCUT2D eigenvalue weighted by Gasteiger charge is -2.59. The largest absolute Gasteiger partial charge is 0.137 e. The molecule has 0 bridgehead atoms. The van der Waals surface area contributed by atoms with Crippen LogP contribution in [0.3, 0.4) is 0 Å². The molecule has 0 fully saturated rings. The zero-order valence-electron chi connectivity index (χ0n) is 18.7. The monoisotopic (exact) mass is 406 g/mol. The highest BCUT2D eigenvalue weighted by Crippen LogP contribution is 2.53. The quantitative estimate of drug-likeness (QED) is 0.355. The summed E-state index contributed by atoms with van der Waals surface area (Å²) in [5, 5.41) is 6.00. The van der Waals surface area contributed by atoms with Crippen molar-refractivity contribution in [2.24, 2.45) is 0 Å². The molecular weight excluding hydrogens is 376 g/mol. The van der Waals surface area contributed by atoms with E-state index in [9.17, 15) is 0 Å². The van der Waals surface area contributed by atoms with E-state index < -0.39 is 8.07 Å². The lowest BCUT2D eigenvalue weighted by molar-refractivity contribution is 0.619. The Morgan fingerprint density at radius 2 is 1.03 bits per heavy atom. The summed E-state index contributed by atoms with van der Waals surface area (Å²) in [6.45, 7) is 12.3. The topological polar surface area (TPSA) is 0 Å². The highest BCUT2D eigenvalue weighted by Gasteiger charge is 2.63. The minimum atomic E-state index is -2.33. The maximum absolute atomic E-state index is 2.51. The third-order valence-electron chi connectivity index (χ3n) is 7.89. The Labute approximate surface area is 181 Å². The van der Waals surface area contributed by atoms with Crippen LogP contribution in [-0.2, 0) is 10.1 Å². The first kappa shape index (κ1) is 19.3. The van der Waals surface area contributed by atoms with Gasteiger partial charge in [0.1, 0.15) is 8.07 Å². The van der Waals surface area contributed by atoms with Gasteiger partial charge in [-0.3, -0.25) is 0 Å². The normalized spacial score (nSPS) is 18.3. The van der Waals surface area contributed by atoms with Crippen molar-refractivity contribution in [3.8, 4) is 0 Å². The van der Waals surface area contributed by atoms with Crippen LogP contribution in [0.25, 0.3) is 10.8 Å². The predicted octanol–water partition coefficient (Wildman–Crippen LogP) is 6.06. The van der Waals surface area contributed by atoms with Gasteiger partial charge in [0.25, 0.3) is 0 Å². The van der Waals surface area contributed by atoms with Crippen LogP contribution in [0.4, 0.5) is 0 Å². The zero-order chi connectivity index (χ0) is 21.1. The molecule has 0 saturated heterocycles. The molecule has 0 spiro atoms. The Balaban J connectivity index is 2.02. The standard InChI is InChI=1S/C29H30Si/c1-21-19-20-26-27-24(21)17-12-18-25(27)28(2,3)30(29(26,4)5,22-13-8-6-9-14-22)23-15-10-7-11-16-23/h6-20H,1-5H3. The number of rotatable bonds is 2. The third kappa shape index (κ3) is 2.22. The first-order valence-corrected chi connectivity index (χ1v) is 13.0. The molecule has 0 nitrogen and oxygen atoms in total. The maximum Gasteiger partial charge on any atom is 0.137 e. The number of hydrogen-bond donors (Lipinski definition) is 0. The minimum absolute atomic E-state index is 0.0273. The van der Waals surface area contributed by atoms with Gasteiger partial charge >= 0.3 is 0 Å². The second-order valence-corrected chi connectivity index (χ2v) is 15.0. The van der Waals surface area contributed by atoms with Gasteiger partial charge in [0, 0.05) is 0 Å². The van der Waals surface area contributed by atoms with Crippen molar-refractivity contribution in [1.82, 2.24) is 0 Å². The van der Waals surface area contributed by atoms with Crippen molar-refractivity contribution in [2.45, 2.75) is 44.7 Å². The molecule has 4 aromatic rings. The second-order valence-electron chi connectivity index (χ2n) is 9.89. The molecule has 0 saturated carbocycles. The third-order valence-corrected chi connectivity index (χ3v) is 14.6. The molecule has 0 atom stereocenters. The van der Waals surface area contributed by atoms with E-state index in [4.69, 9.17) is 0 Å². The molecule has 150 valence electrons. The first-order chi connectivity index (χ1) is 14.3. The Bertz CT molecular complexity index is 1170. The van der Waals surface area contributed by atoms with Crippen LogP contribution in [0.2, 0.25) is 0 Å². The molecule has 4 aromatic carbocycles. The Morgan fingerprint density at radius 1 is 0.533 bits per heavy atom. The van der Waals surface area contributed by atoms with Gasteiger partial charge in [-0.05, 0) is 44.5 Å². The highest BCUT2D eigenvalue weighted by molar-refractivity contribution is 7.06. The summed E-state index contributed by atoms with van der Waals surface area (Å²) >= 11 is 0. The molecular formula is C29H30Si. The van der Waals surface area contributed by atoms with E-state index in [1.807, 2.05) is 0 Å². The smallest absolute Gasteiger partial charge is 0.0625 e. The summed E-state index contributed by atoms with van der Waals surface area (Å²) in [7, 11) is -2.33. The average molecular weight is 407 g/mol. The van der Waals surface area contributed by atoms with Gasteiger partial charge in [-0.2, -0.15) is 0 Å². The van der Waals surface area contributed by atoms with Crippen molar-refractivity contribution in [1.29, 1.82) is 0 Å². The lowest BCUT2D eigenvalue weighted by Crippen LogP contribution is -2.79. The summed E-state index contributed by atoms with van der Waals surface area (Å²) in [5.74, 6) is 0. The predicted molar refractivity (Wildman–Crippen MR) is 133 cm³/mol. The maximum atomic E-state index is 2.51. The minimum Gasteiger partial charge on any atom is -0.0625 e. The van der Waals surface area contributed by atoms with E-state index in [1.54, 1.807) is 0 Å². The fourth-order valence-electron chi connectivity index (χ4n) is 6.77. The molecule has 0 unspecified atom stereocenters. The molecule has 0 aliphatic carbocycles. The average Bonchev–Trinajstić information content (AvgIpc) is 2.74. The van der Waals surface area contributed by atoms with Gasteiger partial charge in [0.2, 0.25) is 0 Å². The van der Waals surface area contributed by atoms with Crippen LogP contribution in [0.15, 0.2) is 91.0 Å². The van der Waals surface area contributed by atoms with Gasteiger partial charge in [0.05, 0.1) is 0 Å². The van der Waals surface area contributed by atoms with Crippen LogP contribution >= 0.6 is 0 Å². The van der Waals surface area contributed by atoms with E-state index in [0.29, 0.717) is 0 Å². The molecule has 0 amide bonds. The van der Waals surface area contributed by atoms with Gasteiger partial charge in [-0.15, -0.1) is 0 Å². The Hall–Kier alpha value is -2.64. The van der Waals surface area contributed by atoms with E-state index in [2.05, 4.69) is 126 Å². The summed E-state index contributed by atoms with van der Waals surface area (Å²) in [6.07, 6.45) is 0. The van der Waals surface area contributed by atoms with Crippen LogP contribution in [0.1, 0.15) is 44.4 Å². The SMILES string of the molecule is Cc1ccc2c3c(cccc13)C(C)(C)[Si](c1ccccc1)(c1ccccc1)C2(C)C. The van der Waals surface area contributed by atoms with Crippen molar-refractivity contribution in [3.63, 3.8) is 0 Å². The fraction of sp³-hybridized carbons (Fsp3) is 0.241. The molecule has 0 N–H and O–H groups in total. The van der Waals surface area contributed by atoms with Gasteiger partial charge in [-0.25, -0.2) is 0 Å². The lowest BCUT2D eigenvalue weighted by atomic mass is 9.85. The molecule has 5 rings (SSSR count). The number of aryl methyl sites for hydroxylation is 1. The van der Waals surface area contributed by atoms with Crippen molar-refractivity contribution < 1.29 is 0 Å². The number of benzene rings is 4. The van der Waals surface area contributed by atoms with E-state index in [0.717, 1.165) is 0 Å². The Kier molecular flexibility index (Phi) is 4.14. The van der Waals surface area contributed by atoms with E-state index >= 15 is 0 Å². The molecule has 1 heteroatoms. The first-order valence-electron chi connectivity index (χ1n) is 11.0. The second kappa shape index (κ2) is 6.43. The van der Waals surface area contributed by atoms with Gasteiger partial charge in [-0.1, -0.05) is 129 Å². The van der Waals surface area contributed by atoms with Crippen molar-refractivity contribution in [2.75, 3.05) is 0 Å². The molecule has 0 radical (unpaired) electrons. The molecule has 1 aliphatic heterocycles. The van der Waals surface area contributed by atoms with E-state index in [-0.39, 0.29) is 10.1 Å². The van der Waals surface area contributed by atoms with Crippen molar-refractivity contribution >= 4 is 29.2 Å². The highest BCUT2D eigenvalue weighted by atomic mass is 28.3. The summed E-state index contributed by atoms with van der Waals surface area (Å²) in [6, 6.07) is 34.5. The number of hydrogen-bond acceptors (Lipinski definition) is 0. The van der Waals surface area contributed by atoms with Gasteiger partial charge < -0.3 is 0 Å². The fourth-order valence-corrected chi connectivity index (χ4v) is 14.2. The summed E-state index contributed by atoms with van der Waals surface area (Å²) in [5.41, 5.74) is 4.39. The molecule has 1 heterocycles. The molecule has 1 aliphatic rings. The summed E-state index contributed by atoms with van der Waals surface area (Å²) < 4.78 is 0. The van der Waals surface area contributed by atoms with Crippen molar-refractivity contribution in [3.05, 3.63) is 108 Å². The summed E-state index contributed by atoms with van der Waals surface area (Å²) in [4.78, 5) is 0. The van der Waals surface area contributed by atoms with Crippen LogP contribution in [0.5, 0.6) is 0 Å². The van der Waals surface area contributed by atoms with Gasteiger partial charge in [0.15, 0.2) is 0 Å². The van der Waals surface area contributed by atoms with Crippen LogP contribution < -0.4 is 10.4 Å². The molecule has 30 heavy (non-hydrogen) atoms. The van der Waals surface area contributed by atoms with Crippen LogP contribution in [-0.4, -0.2) is 8.07 Å².